The third-order valence-electron chi connectivity index (χ3n) is 6.86. The molecule has 2 aliphatic rings. The van der Waals surface area contributed by atoms with Crippen LogP contribution in [0.1, 0.15) is 47.9 Å². The summed E-state index contributed by atoms with van der Waals surface area (Å²) in [6.07, 6.45) is 1.64. The largest absolute Gasteiger partial charge is 0.478 e. The second kappa shape index (κ2) is 15.6. The number of carbonyl (C=O) groups is 3. The SMILES string of the molecule is CN(C)c1ccc2c(-c3cc(C(=O)NCCCNNC(=O)OC(C)(C)C)ccc3C(=O)O)c3ccc(=[N+](C)C)cc-3oc2c1.CS. The molecule has 2 aromatic carbocycles. The Morgan fingerprint density at radius 1 is 0.957 bits per heavy atom. The van der Waals surface area contributed by atoms with Crippen LogP contribution in [0.15, 0.2) is 59.0 Å². The van der Waals surface area contributed by atoms with Crippen molar-refractivity contribution < 1.29 is 28.6 Å². The Morgan fingerprint density at radius 3 is 2.30 bits per heavy atom. The van der Waals surface area contributed by atoms with Crippen LogP contribution in [-0.2, 0) is 4.74 Å². The van der Waals surface area contributed by atoms with Crippen molar-refractivity contribution in [3.8, 4) is 22.5 Å². The summed E-state index contributed by atoms with van der Waals surface area (Å²) in [4.78, 5) is 39.3. The van der Waals surface area contributed by atoms with Gasteiger partial charge in [-0.05, 0) is 75.4 Å². The molecule has 0 bridgehead atoms. The first-order valence-corrected chi connectivity index (χ1v) is 15.7. The topological polar surface area (TPSA) is 136 Å². The molecule has 1 heterocycles. The normalized spacial score (nSPS) is 11.0. The molecule has 1 aliphatic carbocycles. The molecule has 0 saturated heterocycles. The fraction of sp³-hybridized carbons (Fsp3) is 0.353. The molecule has 0 atom stereocenters. The first-order valence-electron chi connectivity index (χ1n) is 14.8. The van der Waals surface area contributed by atoms with Crippen LogP contribution < -0.4 is 31.0 Å². The molecule has 4 rings (SSSR count). The molecule has 0 radical (unpaired) electrons. The number of anilines is 1. The summed E-state index contributed by atoms with van der Waals surface area (Å²) in [7, 11) is 7.74. The molecule has 4 N–H and O–H groups in total. The summed E-state index contributed by atoms with van der Waals surface area (Å²) in [6, 6.07) is 16.2. The van der Waals surface area contributed by atoms with Gasteiger partial charge in [-0.15, -0.1) is 0 Å². The highest BCUT2D eigenvalue weighted by Crippen LogP contribution is 2.42. The van der Waals surface area contributed by atoms with Gasteiger partial charge in [0.1, 0.15) is 31.0 Å². The van der Waals surface area contributed by atoms with E-state index in [0.717, 1.165) is 22.0 Å². The van der Waals surface area contributed by atoms with Crippen LogP contribution in [0.25, 0.3) is 33.4 Å². The Morgan fingerprint density at radius 2 is 1.67 bits per heavy atom. The van der Waals surface area contributed by atoms with Crippen LogP contribution in [0.4, 0.5) is 10.5 Å². The number of aromatic carboxylic acids is 1. The zero-order valence-electron chi connectivity index (χ0n) is 27.6. The van der Waals surface area contributed by atoms with Crippen molar-refractivity contribution in [2.45, 2.75) is 32.8 Å². The van der Waals surface area contributed by atoms with E-state index < -0.39 is 17.7 Å². The van der Waals surface area contributed by atoms with E-state index in [1.54, 1.807) is 33.1 Å². The molecule has 2 aromatic rings. The maximum absolute atomic E-state index is 13.2. The monoisotopic (exact) mass is 650 g/mol. The van der Waals surface area contributed by atoms with Crippen LogP contribution in [0.2, 0.25) is 0 Å². The molecule has 1 aliphatic heterocycles. The predicted molar refractivity (Wildman–Crippen MR) is 186 cm³/mol. The third-order valence-corrected chi connectivity index (χ3v) is 6.86. The van der Waals surface area contributed by atoms with E-state index in [9.17, 15) is 19.5 Å². The quantitative estimate of drug-likeness (QED) is 0.0579. The maximum atomic E-state index is 13.2. The van der Waals surface area contributed by atoms with Gasteiger partial charge in [0, 0.05) is 67.1 Å². The minimum Gasteiger partial charge on any atom is -0.478 e. The molecule has 0 unspecified atom stereocenters. The standard InChI is InChI=1S/C33H39N5O6.CH4S/c1-33(2,3)44-32(42)36-35-16-8-15-34-30(39)20-9-12-23(31(40)41)26(17-20)29-24-13-10-21(37(4)5)18-27(24)43-28-19-22(38(6)7)11-14-25(28)29;1-2/h9-14,17-19,35H,8,15-16H2,1-7H3,(H2-,34,36,39,40,41,42);2H,1H3/p+1. The van der Waals surface area contributed by atoms with Gasteiger partial charge in [0.15, 0.2) is 0 Å². The van der Waals surface area contributed by atoms with E-state index >= 15 is 0 Å². The molecule has 246 valence electrons. The molecule has 0 aromatic heterocycles. The molecule has 11 nitrogen and oxygen atoms in total. The first kappa shape index (κ1) is 35.9. The third kappa shape index (κ3) is 9.01. The summed E-state index contributed by atoms with van der Waals surface area (Å²) in [5.74, 6) is -0.858. The maximum Gasteiger partial charge on any atom is 0.422 e. The smallest absolute Gasteiger partial charge is 0.422 e. The summed E-state index contributed by atoms with van der Waals surface area (Å²) in [5.41, 5.74) is 8.34. The van der Waals surface area contributed by atoms with E-state index in [2.05, 4.69) is 28.8 Å². The Labute approximate surface area is 275 Å². The number of nitrogens with zero attached hydrogens (tertiary/aromatic N) is 2. The summed E-state index contributed by atoms with van der Waals surface area (Å²) >= 11 is 3.53. The van der Waals surface area contributed by atoms with E-state index in [1.165, 1.54) is 12.1 Å². The molecule has 12 heteroatoms. The van der Waals surface area contributed by atoms with E-state index in [-0.39, 0.29) is 11.5 Å². The number of carbonyl (C=O) groups excluding carboxylic acids is 2. The number of carboxylic acids is 1. The molecule has 46 heavy (non-hydrogen) atoms. The first-order chi connectivity index (χ1) is 21.7. The highest BCUT2D eigenvalue weighted by Gasteiger charge is 2.24. The van der Waals surface area contributed by atoms with Crippen molar-refractivity contribution in [2.75, 3.05) is 52.4 Å². The van der Waals surface area contributed by atoms with Crippen molar-refractivity contribution >= 4 is 47.3 Å². The van der Waals surface area contributed by atoms with Crippen LogP contribution in [-0.4, -0.2) is 76.2 Å². The lowest BCUT2D eigenvalue weighted by atomic mass is 9.89. The fourth-order valence-corrected chi connectivity index (χ4v) is 4.71. The van der Waals surface area contributed by atoms with Crippen LogP contribution >= 0.6 is 12.6 Å². The molecule has 2 amide bonds. The van der Waals surface area contributed by atoms with E-state index in [4.69, 9.17) is 9.15 Å². The van der Waals surface area contributed by atoms with E-state index in [0.29, 0.717) is 47.5 Å². The second-order valence-electron chi connectivity index (χ2n) is 11.9. The highest BCUT2D eigenvalue weighted by atomic mass is 32.1. The molecule has 0 saturated carbocycles. The summed E-state index contributed by atoms with van der Waals surface area (Å²) in [5, 5.41) is 14.7. The van der Waals surface area contributed by atoms with Crippen molar-refractivity contribution in [3.63, 3.8) is 0 Å². The van der Waals surface area contributed by atoms with Crippen LogP contribution in [0, 0.1) is 0 Å². The Bertz CT molecular complexity index is 1760. The number of hydrogen-bond acceptors (Lipinski definition) is 8. The highest BCUT2D eigenvalue weighted by molar-refractivity contribution is 7.79. The number of carboxylic acid groups (broad SMARTS) is 1. The molecular formula is C34H44N5O6S+. The van der Waals surface area contributed by atoms with Gasteiger partial charge < -0.3 is 24.5 Å². The van der Waals surface area contributed by atoms with E-state index in [1.807, 2.05) is 74.1 Å². The number of rotatable bonds is 9. The average Bonchev–Trinajstić information content (AvgIpc) is 3.00. The van der Waals surface area contributed by atoms with Crippen LogP contribution in [0.5, 0.6) is 0 Å². The Hall–Kier alpha value is -4.55. The lowest BCUT2D eigenvalue weighted by molar-refractivity contribution is 0.0497. The molecular weight excluding hydrogens is 606 g/mol. The van der Waals surface area contributed by atoms with Gasteiger partial charge in [-0.1, -0.05) is 0 Å². The van der Waals surface area contributed by atoms with Gasteiger partial charge in [0.05, 0.1) is 11.6 Å². The zero-order valence-corrected chi connectivity index (χ0v) is 28.5. The minimum atomic E-state index is -1.10. The number of hydrogen-bond donors (Lipinski definition) is 5. The molecule has 0 spiro atoms. The lowest BCUT2D eigenvalue weighted by Crippen LogP contribution is -2.42. The number of ether oxygens (including phenoxy) is 1. The lowest BCUT2D eigenvalue weighted by Gasteiger charge is -2.19. The van der Waals surface area contributed by atoms with Gasteiger partial charge in [-0.2, -0.15) is 12.6 Å². The van der Waals surface area contributed by atoms with Gasteiger partial charge >= 0.3 is 12.1 Å². The van der Waals surface area contributed by atoms with Crippen molar-refractivity contribution in [1.82, 2.24) is 20.7 Å². The number of hydrazine groups is 1. The van der Waals surface area contributed by atoms with Gasteiger partial charge in [-0.25, -0.2) is 19.6 Å². The van der Waals surface area contributed by atoms with Crippen molar-refractivity contribution in [3.05, 3.63) is 71.1 Å². The Balaban J connectivity index is 0.00000282. The summed E-state index contributed by atoms with van der Waals surface area (Å²) < 4.78 is 13.5. The number of fused-ring (bicyclic) bond motifs is 2. The summed E-state index contributed by atoms with van der Waals surface area (Å²) in [6.45, 7) is 6.05. The number of nitrogens with one attached hydrogen (secondary N) is 3. The Kier molecular flexibility index (Phi) is 12.2. The van der Waals surface area contributed by atoms with Crippen molar-refractivity contribution in [1.29, 1.82) is 0 Å². The van der Waals surface area contributed by atoms with Gasteiger partial charge in [-0.3, -0.25) is 10.2 Å². The number of thiol groups is 1. The zero-order chi connectivity index (χ0) is 34.2. The molecule has 0 fully saturated rings. The predicted octanol–water partition coefficient (Wildman–Crippen LogP) is 4.70. The van der Waals surface area contributed by atoms with Crippen molar-refractivity contribution in [2.24, 2.45) is 0 Å². The fourth-order valence-electron chi connectivity index (χ4n) is 4.71. The average molecular weight is 651 g/mol. The van der Waals surface area contributed by atoms with Crippen LogP contribution in [0.3, 0.4) is 0 Å². The number of amides is 2. The number of benzene rings is 3. The minimum absolute atomic E-state index is 0.0705. The van der Waals surface area contributed by atoms with Gasteiger partial charge in [0.2, 0.25) is 5.36 Å². The second-order valence-corrected chi connectivity index (χ2v) is 11.9. The van der Waals surface area contributed by atoms with Gasteiger partial charge in [0.25, 0.3) is 5.91 Å².